The van der Waals surface area contributed by atoms with Crippen molar-refractivity contribution in [2.45, 2.75) is 13.8 Å². The molecule has 2 aromatic heterocycles. The van der Waals surface area contributed by atoms with Crippen LogP contribution in [-0.4, -0.2) is 9.55 Å². The highest BCUT2D eigenvalue weighted by molar-refractivity contribution is 6.10. The summed E-state index contributed by atoms with van der Waals surface area (Å²) < 4.78 is 2.31. The fourth-order valence-electron chi connectivity index (χ4n) is 5.09. The number of fused-ring (bicyclic) bond motifs is 3. The summed E-state index contributed by atoms with van der Waals surface area (Å²) in [4.78, 5) is 4.14. The van der Waals surface area contributed by atoms with Crippen LogP contribution >= 0.6 is 0 Å². The third-order valence-electron chi connectivity index (χ3n) is 6.74. The van der Waals surface area contributed by atoms with E-state index >= 15 is 0 Å². The lowest BCUT2D eigenvalue weighted by molar-refractivity contribution is 1.18. The Bertz CT molecular complexity index is 1770. The topological polar surface area (TPSA) is 41.6 Å². The highest BCUT2D eigenvalue weighted by atomic mass is 15.0. The second kappa shape index (κ2) is 8.27. The van der Waals surface area contributed by atoms with E-state index in [0.717, 1.165) is 27.8 Å². The van der Waals surface area contributed by atoms with Crippen LogP contribution in [0.5, 0.6) is 0 Å². The Morgan fingerprint density at radius 3 is 2.29 bits per heavy atom. The first-order valence-electron chi connectivity index (χ1n) is 11.7. The lowest BCUT2D eigenvalue weighted by atomic mass is 9.97. The summed E-state index contributed by atoms with van der Waals surface area (Å²) in [7, 11) is 0. The Labute approximate surface area is 204 Å². The van der Waals surface area contributed by atoms with Gasteiger partial charge in [0.1, 0.15) is 0 Å². The van der Waals surface area contributed by atoms with Crippen LogP contribution in [0.3, 0.4) is 0 Å². The van der Waals surface area contributed by atoms with Crippen molar-refractivity contribution in [1.82, 2.24) is 9.55 Å². The third-order valence-corrected chi connectivity index (χ3v) is 6.74. The van der Waals surface area contributed by atoms with Crippen LogP contribution in [0.25, 0.3) is 49.7 Å². The maximum absolute atomic E-state index is 9.78. The molecule has 3 heteroatoms. The Hall–Kier alpha value is -4.68. The average Bonchev–Trinajstić information content (AvgIpc) is 3.22. The zero-order valence-corrected chi connectivity index (χ0v) is 19.7. The highest BCUT2D eigenvalue weighted by Gasteiger charge is 2.15. The number of aromatic nitrogens is 2. The van der Waals surface area contributed by atoms with Gasteiger partial charge in [-0.05, 0) is 78.6 Å². The van der Waals surface area contributed by atoms with Gasteiger partial charge in [-0.15, -0.1) is 0 Å². The molecule has 6 rings (SSSR count). The molecular formula is C32H23N3. The molecule has 4 aromatic carbocycles. The van der Waals surface area contributed by atoms with Crippen LogP contribution in [0, 0.1) is 25.2 Å². The normalized spacial score (nSPS) is 11.1. The summed E-state index contributed by atoms with van der Waals surface area (Å²) in [5.74, 6) is 0. The first kappa shape index (κ1) is 20.9. The van der Waals surface area contributed by atoms with Gasteiger partial charge in [0.2, 0.25) is 0 Å². The minimum atomic E-state index is 0.650. The summed E-state index contributed by atoms with van der Waals surface area (Å²) in [6, 6.07) is 34.2. The highest BCUT2D eigenvalue weighted by Crippen LogP contribution is 2.37. The van der Waals surface area contributed by atoms with Crippen LogP contribution in [0.2, 0.25) is 0 Å². The molecule has 166 valence electrons. The molecule has 0 unspecified atom stereocenters. The Kier molecular flexibility index (Phi) is 4.94. The lowest BCUT2D eigenvalue weighted by Crippen LogP contribution is -1.96. The molecule has 2 heterocycles. The zero-order chi connectivity index (χ0) is 23.9. The summed E-state index contributed by atoms with van der Waals surface area (Å²) >= 11 is 0. The van der Waals surface area contributed by atoms with Gasteiger partial charge in [0.15, 0.2) is 0 Å². The Balaban J connectivity index is 1.65. The molecule has 0 radical (unpaired) electrons. The third kappa shape index (κ3) is 3.48. The van der Waals surface area contributed by atoms with Gasteiger partial charge in [-0.25, -0.2) is 0 Å². The standard InChI is InChI=1S/C32H23N3/c1-21-7-11-27(22(2)17-21)24-9-12-29-28-5-3-4-6-31(28)35(32(29)18-24)26-10-8-25(20-33)30(19-26)23-13-15-34-16-14-23/h3-19H,1-2H3. The number of nitriles is 1. The molecular weight excluding hydrogens is 426 g/mol. The van der Waals surface area contributed by atoms with Crippen molar-refractivity contribution in [2.24, 2.45) is 0 Å². The van der Waals surface area contributed by atoms with Crippen LogP contribution in [0.15, 0.2) is 103 Å². The predicted molar refractivity (Wildman–Crippen MR) is 144 cm³/mol. The minimum Gasteiger partial charge on any atom is -0.309 e. The van der Waals surface area contributed by atoms with Gasteiger partial charge in [-0.2, -0.15) is 5.26 Å². The molecule has 35 heavy (non-hydrogen) atoms. The van der Waals surface area contributed by atoms with Gasteiger partial charge in [-0.1, -0.05) is 54.1 Å². The van der Waals surface area contributed by atoms with E-state index in [-0.39, 0.29) is 0 Å². The lowest BCUT2D eigenvalue weighted by Gasteiger charge is -2.13. The van der Waals surface area contributed by atoms with E-state index in [1.54, 1.807) is 12.4 Å². The van der Waals surface area contributed by atoms with Crippen molar-refractivity contribution in [3.63, 3.8) is 0 Å². The fourth-order valence-corrected chi connectivity index (χ4v) is 5.09. The minimum absolute atomic E-state index is 0.650. The number of pyridine rings is 1. The van der Waals surface area contributed by atoms with E-state index in [0.29, 0.717) is 5.56 Å². The van der Waals surface area contributed by atoms with Crippen molar-refractivity contribution in [3.8, 4) is 34.0 Å². The SMILES string of the molecule is Cc1ccc(-c2ccc3c4ccccc4n(-c4ccc(C#N)c(-c5ccncc5)c4)c3c2)c(C)c1. The molecule has 0 saturated carbocycles. The zero-order valence-electron chi connectivity index (χ0n) is 19.7. The molecule has 0 bridgehead atoms. The van der Waals surface area contributed by atoms with Crippen LogP contribution < -0.4 is 0 Å². The van der Waals surface area contributed by atoms with E-state index in [4.69, 9.17) is 0 Å². The van der Waals surface area contributed by atoms with E-state index < -0.39 is 0 Å². The molecule has 0 aliphatic carbocycles. The van der Waals surface area contributed by atoms with Crippen molar-refractivity contribution >= 4 is 21.8 Å². The molecule has 0 N–H and O–H groups in total. The predicted octanol–water partition coefficient (Wildman–Crippen LogP) is 8.00. The maximum atomic E-state index is 9.78. The summed E-state index contributed by atoms with van der Waals surface area (Å²) in [6.45, 7) is 4.30. The first-order chi connectivity index (χ1) is 17.1. The summed E-state index contributed by atoms with van der Waals surface area (Å²) in [6.07, 6.45) is 3.53. The number of nitrogens with zero attached hydrogens (tertiary/aromatic N) is 3. The van der Waals surface area contributed by atoms with Gasteiger partial charge in [0, 0.05) is 34.4 Å². The van der Waals surface area contributed by atoms with Gasteiger partial charge in [-0.3, -0.25) is 4.98 Å². The number of aryl methyl sites for hydroxylation is 2. The van der Waals surface area contributed by atoms with Crippen molar-refractivity contribution < 1.29 is 0 Å². The van der Waals surface area contributed by atoms with Crippen molar-refractivity contribution in [1.29, 1.82) is 5.26 Å². The number of hydrogen-bond acceptors (Lipinski definition) is 2. The van der Waals surface area contributed by atoms with Gasteiger partial charge in [0.25, 0.3) is 0 Å². The van der Waals surface area contributed by atoms with Crippen LogP contribution in [0.1, 0.15) is 16.7 Å². The van der Waals surface area contributed by atoms with Gasteiger partial charge in [0.05, 0.1) is 22.7 Å². The summed E-state index contributed by atoms with van der Waals surface area (Å²) in [5.41, 5.74) is 10.8. The van der Waals surface area contributed by atoms with Crippen molar-refractivity contribution in [2.75, 3.05) is 0 Å². The van der Waals surface area contributed by atoms with Gasteiger partial charge >= 0.3 is 0 Å². The molecule has 0 saturated heterocycles. The molecule has 0 fully saturated rings. The van der Waals surface area contributed by atoms with Crippen LogP contribution in [-0.2, 0) is 0 Å². The van der Waals surface area contributed by atoms with Crippen molar-refractivity contribution in [3.05, 3.63) is 120 Å². The Morgan fingerprint density at radius 1 is 0.686 bits per heavy atom. The summed E-state index contributed by atoms with van der Waals surface area (Å²) in [5, 5.41) is 12.2. The molecule has 0 aliphatic heterocycles. The van der Waals surface area contributed by atoms with Gasteiger partial charge < -0.3 is 4.57 Å². The van der Waals surface area contributed by atoms with E-state index in [1.165, 1.54) is 33.0 Å². The van der Waals surface area contributed by atoms with E-state index in [1.807, 2.05) is 24.3 Å². The van der Waals surface area contributed by atoms with E-state index in [9.17, 15) is 5.26 Å². The fraction of sp³-hybridized carbons (Fsp3) is 0.0625. The largest absolute Gasteiger partial charge is 0.309 e. The Morgan fingerprint density at radius 2 is 1.49 bits per heavy atom. The smallest absolute Gasteiger partial charge is 0.0998 e. The number of para-hydroxylation sites is 1. The van der Waals surface area contributed by atoms with E-state index in [2.05, 4.69) is 96.2 Å². The molecule has 0 spiro atoms. The second-order valence-corrected chi connectivity index (χ2v) is 8.98. The molecule has 3 nitrogen and oxygen atoms in total. The number of hydrogen-bond donors (Lipinski definition) is 0. The monoisotopic (exact) mass is 449 g/mol. The second-order valence-electron chi connectivity index (χ2n) is 8.98. The molecule has 6 aromatic rings. The first-order valence-corrected chi connectivity index (χ1v) is 11.7. The number of benzene rings is 4. The maximum Gasteiger partial charge on any atom is 0.0998 e. The average molecular weight is 450 g/mol. The number of rotatable bonds is 3. The molecule has 0 atom stereocenters. The molecule has 0 amide bonds. The quantitative estimate of drug-likeness (QED) is 0.275. The molecule has 0 aliphatic rings. The van der Waals surface area contributed by atoms with Crippen LogP contribution in [0.4, 0.5) is 0 Å².